The molecule has 0 aliphatic carbocycles. The Hall–Kier alpha value is -2.77. The van der Waals surface area contributed by atoms with Gasteiger partial charge in [0.2, 0.25) is 0 Å². The van der Waals surface area contributed by atoms with E-state index in [2.05, 4.69) is 15.3 Å². The van der Waals surface area contributed by atoms with Gasteiger partial charge < -0.3 is 5.32 Å². The van der Waals surface area contributed by atoms with Gasteiger partial charge in [0.15, 0.2) is 9.84 Å². The molecule has 0 spiro atoms. The molecule has 1 amide bonds. The molecule has 0 bridgehead atoms. The van der Waals surface area contributed by atoms with Crippen LogP contribution in [0.2, 0.25) is 5.02 Å². The number of halogens is 1. The maximum absolute atomic E-state index is 12.4. The summed E-state index contributed by atoms with van der Waals surface area (Å²) < 4.78 is 24.0. The number of benzene rings is 1. The lowest BCUT2D eigenvalue weighted by atomic mass is 10.1. The first-order valence-corrected chi connectivity index (χ1v) is 10.6. The van der Waals surface area contributed by atoms with Gasteiger partial charge in [0.05, 0.1) is 21.4 Å². The van der Waals surface area contributed by atoms with E-state index in [-0.39, 0.29) is 22.4 Å². The smallest absolute Gasteiger partial charge is 0.256 e. The molecule has 144 valence electrons. The van der Waals surface area contributed by atoms with Crippen molar-refractivity contribution in [2.24, 2.45) is 0 Å². The number of nitrogens with zero attached hydrogens (tertiary/aromatic N) is 2. The maximum atomic E-state index is 12.4. The van der Waals surface area contributed by atoms with Gasteiger partial charge in [-0.15, -0.1) is 0 Å². The van der Waals surface area contributed by atoms with E-state index < -0.39 is 9.84 Å². The van der Waals surface area contributed by atoms with Gasteiger partial charge in [-0.2, -0.15) is 0 Å². The predicted octanol–water partition coefficient (Wildman–Crippen LogP) is 4.23. The summed E-state index contributed by atoms with van der Waals surface area (Å²) >= 11 is 6.14. The van der Waals surface area contributed by atoms with Crippen LogP contribution in [-0.2, 0) is 9.84 Å². The van der Waals surface area contributed by atoms with E-state index >= 15 is 0 Å². The largest absolute Gasteiger partial charge is 0.307 e. The third kappa shape index (κ3) is 4.55. The molecule has 2 aromatic heterocycles. The number of anilines is 1. The fourth-order valence-electron chi connectivity index (χ4n) is 2.59. The number of carbonyl (C=O) groups is 1. The van der Waals surface area contributed by atoms with Gasteiger partial charge in [-0.3, -0.25) is 9.78 Å². The SMILES string of the molecule is CCCS(=O)(=O)c1ccc(NC(=O)c2ccc(-c3ncccc3Cl)cc2)nc1. The van der Waals surface area contributed by atoms with E-state index in [0.717, 1.165) is 5.56 Å². The molecule has 6 nitrogen and oxygen atoms in total. The van der Waals surface area contributed by atoms with Gasteiger partial charge in [-0.1, -0.05) is 30.7 Å². The minimum atomic E-state index is -3.33. The number of aromatic nitrogens is 2. The van der Waals surface area contributed by atoms with Crippen molar-refractivity contribution in [1.29, 1.82) is 0 Å². The number of amides is 1. The monoisotopic (exact) mass is 415 g/mol. The molecule has 0 aliphatic heterocycles. The average Bonchev–Trinajstić information content (AvgIpc) is 2.69. The van der Waals surface area contributed by atoms with Crippen LogP contribution in [0, 0.1) is 0 Å². The molecule has 1 aromatic carbocycles. The predicted molar refractivity (Wildman–Crippen MR) is 109 cm³/mol. The number of carbonyl (C=O) groups excluding carboxylic acids is 1. The van der Waals surface area contributed by atoms with Crippen molar-refractivity contribution in [2.75, 3.05) is 11.1 Å². The number of hydrogen-bond acceptors (Lipinski definition) is 5. The number of sulfone groups is 1. The Bertz CT molecular complexity index is 1080. The van der Waals surface area contributed by atoms with Crippen molar-refractivity contribution in [3.05, 3.63) is 71.5 Å². The zero-order valence-corrected chi connectivity index (χ0v) is 16.7. The van der Waals surface area contributed by atoms with Crippen molar-refractivity contribution in [1.82, 2.24) is 9.97 Å². The molecule has 0 atom stereocenters. The summed E-state index contributed by atoms with van der Waals surface area (Å²) in [7, 11) is -3.33. The summed E-state index contributed by atoms with van der Waals surface area (Å²) in [6, 6.07) is 13.3. The number of pyridine rings is 2. The highest BCUT2D eigenvalue weighted by Gasteiger charge is 2.14. The van der Waals surface area contributed by atoms with E-state index in [1.54, 1.807) is 49.5 Å². The molecule has 0 fully saturated rings. The quantitative estimate of drug-likeness (QED) is 0.650. The highest BCUT2D eigenvalue weighted by atomic mass is 35.5. The average molecular weight is 416 g/mol. The van der Waals surface area contributed by atoms with Gasteiger partial charge in [0.1, 0.15) is 5.82 Å². The summed E-state index contributed by atoms with van der Waals surface area (Å²) in [5.74, 6) is -0.0137. The number of nitrogens with one attached hydrogen (secondary N) is 1. The number of rotatable bonds is 6. The zero-order valence-electron chi connectivity index (χ0n) is 15.1. The Morgan fingerprint density at radius 3 is 2.43 bits per heavy atom. The summed E-state index contributed by atoms with van der Waals surface area (Å²) in [6.45, 7) is 1.80. The molecule has 0 saturated carbocycles. The summed E-state index contributed by atoms with van der Waals surface area (Å²) in [5, 5.41) is 3.18. The third-order valence-corrected chi connectivity index (χ3v) is 6.20. The van der Waals surface area contributed by atoms with Crippen molar-refractivity contribution >= 4 is 33.2 Å². The van der Waals surface area contributed by atoms with Gasteiger partial charge in [0.25, 0.3) is 5.91 Å². The lowest BCUT2D eigenvalue weighted by molar-refractivity contribution is 0.102. The van der Waals surface area contributed by atoms with E-state index in [1.807, 2.05) is 0 Å². The molecule has 0 radical (unpaired) electrons. The first-order valence-electron chi connectivity index (χ1n) is 8.62. The van der Waals surface area contributed by atoms with Crippen LogP contribution < -0.4 is 5.32 Å². The molecule has 3 aromatic rings. The van der Waals surface area contributed by atoms with E-state index in [1.165, 1.54) is 18.3 Å². The second-order valence-corrected chi connectivity index (χ2v) is 8.58. The second-order valence-electron chi connectivity index (χ2n) is 6.06. The number of hydrogen-bond donors (Lipinski definition) is 1. The third-order valence-electron chi connectivity index (χ3n) is 3.99. The standard InChI is InChI=1S/C20H18ClN3O3S/c1-2-12-28(26,27)16-9-10-18(23-13-16)24-20(25)15-7-5-14(6-8-15)19-17(21)4-3-11-22-19/h3-11,13H,2,12H2,1H3,(H,23,24,25). The lowest BCUT2D eigenvalue weighted by Crippen LogP contribution is -2.13. The van der Waals surface area contributed by atoms with Crippen LogP contribution in [-0.4, -0.2) is 30.0 Å². The Morgan fingerprint density at radius 1 is 1.07 bits per heavy atom. The fourth-order valence-corrected chi connectivity index (χ4v) is 4.08. The molecular weight excluding hydrogens is 398 g/mol. The Kier molecular flexibility index (Phi) is 6.06. The minimum Gasteiger partial charge on any atom is -0.307 e. The van der Waals surface area contributed by atoms with Crippen LogP contribution >= 0.6 is 11.6 Å². The van der Waals surface area contributed by atoms with E-state index in [0.29, 0.717) is 22.7 Å². The van der Waals surface area contributed by atoms with Gasteiger partial charge in [-0.05, 0) is 42.8 Å². The minimum absolute atomic E-state index is 0.0625. The molecule has 1 N–H and O–H groups in total. The highest BCUT2D eigenvalue weighted by molar-refractivity contribution is 7.91. The van der Waals surface area contributed by atoms with Crippen LogP contribution in [0.3, 0.4) is 0 Å². The first-order chi connectivity index (χ1) is 13.4. The fraction of sp³-hybridized carbons (Fsp3) is 0.150. The Labute approximate surface area is 168 Å². The second kappa shape index (κ2) is 8.50. The van der Waals surface area contributed by atoms with Gasteiger partial charge in [0, 0.05) is 23.5 Å². The van der Waals surface area contributed by atoms with E-state index in [9.17, 15) is 13.2 Å². The van der Waals surface area contributed by atoms with Crippen molar-refractivity contribution in [3.8, 4) is 11.3 Å². The molecular formula is C20H18ClN3O3S. The van der Waals surface area contributed by atoms with Gasteiger partial charge in [-0.25, -0.2) is 13.4 Å². The van der Waals surface area contributed by atoms with Crippen LogP contribution in [0.15, 0.2) is 65.8 Å². The molecule has 28 heavy (non-hydrogen) atoms. The van der Waals surface area contributed by atoms with Crippen LogP contribution in [0.1, 0.15) is 23.7 Å². The van der Waals surface area contributed by atoms with Crippen LogP contribution in [0.5, 0.6) is 0 Å². The molecule has 0 saturated heterocycles. The molecule has 0 aliphatic rings. The molecule has 8 heteroatoms. The summed E-state index contributed by atoms with van der Waals surface area (Å²) in [5.41, 5.74) is 1.87. The van der Waals surface area contributed by atoms with Crippen LogP contribution in [0.4, 0.5) is 5.82 Å². The van der Waals surface area contributed by atoms with Crippen molar-refractivity contribution in [3.63, 3.8) is 0 Å². The van der Waals surface area contributed by atoms with E-state index in [4.69, 9.17) is 11.6 Å². The van der Waals surface area contributed by atoms with Crippen molar-refractivity contribution < 1.29 is 13.2 Å². The first kappa shape index (κ1) is 20.0. The summed E-state index contributed by atoms with van der Waals surface area (Å²) in [6.07, 6.45) is 3.44. The summed E-state index contributed by atoms with van der Waals surface area (Å²) in [4.78, 5) is 20.8. The van der Waals surface area contributed by atoms with Gasteiger partial charge >= 0.3 is 0 Å². The van der Waals surface area contributed by atoms with Crippen LogP contribution in [0.25, 0.3) is 11.3 Å². The topological polar surface area (TPSA) is 89.0 Å². The molecule has 0 unspecified atom stereocenters. The normalized spacial score (nSPS) is 11.2. The molecule has 3 rings (SSSR count). The molecule has 2 heterocycles. The zero-order chi connectivity index (χ0) is 20.1. The Morgan fingerprint density at radius 2 is 1.82 bits per heavy atom. The lowest BCUT2D eigenvalue weighted by Gasteiger charge is -2.07. The Balaban J connectivity index is 1.72. The maximum Gasteiger partial charge on any atom is 0.256 e. The van der Waals surface area contributed by atoms with Crippen molar-refractivity contribution in [2.45, 2.75) is 18.2 Å². The highest BCUT2D eigenvalue weighted by Crippen LogP contribution is 2.25.